The molecular weight excluding hydrogens is 388 g/mol. The van der Waals surface area contributed by atoms with Gasteiger partial charge in [0, 0.05) is 16.1 Å². The molecule has 0 spiro atoms. The number of aryl methyl sites for hydroxylation is 1. The summed E-state index contributed by atoms with van der Waals surface area (Å²) in [6.07, 6.45) is 0. The maximum atomic E-state index is 12.2. The SMILES string of the molecule is Cc1cc2c(c(S(=O)(=O)O)c1)NC(c1ccc(N)cc1)(S(=O)(=O)O)S2. The largest absolute Gasteiger partial charge is 0.399 e. The van der Waals surface area contributed by atoms with E-state index in [1.807, 2.05) is 0 Å². The first-order chi connectivity index (χ1) is 11.4. The lowest BCUT2D eigenvalue weighted by Crippen LogP contribution is -2.37. The monoisotopic (exact) mass is 402 g/mol. The van der Waals surface area contributed by atoms with Gasteiger partial charge in [-0.1, -0.05) is 23.9 Å². The molecule has 25 heavy (non-hydrogen) atoms. The summed E-state index contributed by atoms with van der Waals surface area (Å²) in [5.74, 6) is 0. The smallest absolute Gasteiger partial charge is 0.304 e. The Balaban J connectivity index is 2.27. The lowest BCUT2D eigenvalue weighted by molar-refractivity contribution is 0.467. The molecule has 0 aromatic heterocycles. The summed E-state index contributed by atoms with van der Waals surface area (Å²) in [5, 5.41) is 2.57. The van der Waals surface area contributed by atoms with Gasteiger partial charge in [-0.2, -0.15) is 16.8 Å². The molecule has 1 unspecified atom stereocenters. The highest BCUT2D eigenvalue weighted by atomic mass is 32.3. The predicted octanol–water partition coefficient (Wildman–Crippen LogP) is 2.04. The van der Waals surface area contributed by atoms with E-state index >= 15 is 0 Å². The Labute approximate surface area is 148 Å². The predicted molar refractivity (Wildman–Crippen MR) is 94.6 cm³/mol. The number of nitrogen functional groups attached to an aromatic ring is 1. The molecule has 0 fully saturated rings. The maximum absolute atomic E-state index is 12.2. The van der Waals surface area contributed by atoms with Crippen LogP contribution in [0.2, 0.25) is 0 Å². The van der Waals surface area contributed by atoms with Crippen molar-refractivity contribution in [3.8, 4) is 0 Å². The van der Waals surface area contributed by atoms with Crippen molar-refractivity contribution in [3.63, 3.8) is 0 Å². The van der Waals surface area contributed by atoms with E-state index in [9.17, 15) is 25.9 Å². The second-order valence-electron chi connectivity index (χ2n) is 5.55. The zero-order valence-electron chi connectivity index (χ0n) is 12.8. The molecule has 0 bridgehead atoms. The molecule has 3 rings (SSSR count). The number of thioether (sulfide) groups is 1. The molecule has 2 aromatic rings. The number of benzene rings is 2. The van der Waals surface area contributed by atoms with Gasteiger partial charge in [-0.15, -0.1) is 0 Å². The van der Waals surface area contributed by atoms with Crippen molar-refractivity contribution in [3.05, 3.63) is 47.5 Å². The van der Waals surface area contributed by atoms with E-state index in [-0.39, 0.29) is 16.1 Å². The summed E-state index contributed by atoms with van der Waals surface area (Å²) < 4.78 is 65.0. The van der Waals surface area contributed by atoms with Gasteiger partial charge in [0.1, 0.15) is 4.90 Å². The van der Waals surface area contributed by atoms with Crippen molar-refractivity contribution in [2.24, 2.45) is 0 Å². The van der Waals surface area contributed by atoms with Gasteiger partial charge in [-0.3, -0.25) is 9.11 Å². The van der Waals surface area contributed by atoms with Crippen LogP contribution in [0.5, 0.6) is 0 Å². The van der Waals surface area contributed by atoms with Crippen LogP contribution >= 0.6 is 11.8 Å². The van der Waals surface area contributed by atoms with Gasteiger partial charge >= 0.3 is 10.1 Å². The molecule has 8 nitrogen and oxygen atoms in total. The number of anilines is 2. The van der Waals surface area contributed by atoms with Crippen LogP contribution in [0, 0.1) is 6.92 Å². The molecule has 5 N–H and O–H groups in total. The number of fused-ring (bicyclic) bond motifs is 1. The number of hydrogen-bond donors (Lipinski definition) is 4. The molecule has 0 aliphatic carbocycles. The Bertz CT molecular complexity index is 1060. The maximum Gasteiger partial charge on any atom is 0.304 e. The molecular formula is C14H14N2O6S3. The first kappa shape index (κ1) is 18.0. The third kappa shape index (κ3) is 2.98. The van der Waals surface area contributed by atoms with E-state index < -0.39 is 29.3 Å². The lowest BCUT2D eigenvalue weighted by Gasteiger charge is -2.26. The molecule has 1 aliphatic heterocycles. The standard InChI is InChI=1S/C14H14N2O6S3/c1-8-6-11-13(12(7-8)24(17,18)19)16-14(23-11,25(20,21)22)9-2-4-10(15)5-3-9/h2-7,16H,15H2,1H3,(H,17,18,19)(H,20,21,22). The minimum absolute atomic E-state index is 0.0902. The summed E-state index contributed by atoms with van der Waals surface area (Å²) in [7, 11) is -9.35. The van der Waals surface area contributed by atoms with Crippen molar-refractivity contribution in [2.75, 3.05) is 11.1 Å². The van der Waals surface area contributed by atoms with Crippen LogP contribution in [0.15, 0.2) is 46.2 Å². The van der Waals surface area contributed by atoms with E-state index in [4.69, 9.17) is 5.73 Å². The first-order valence-corrected chi connectivity index (χ1v) is 10.6. The van der Waals surface area contributed by atoms with Crippen molar-refractivity contribution in [1.82, 2.24) is 0 Å². The van der Waals surface area contributed by atoms with Crippen LogP contribution in [-0.4, -0.2) is 25.9 Å². The summed E-state index contributed by atoms with van der Waals surface area (Å²) >= 11 is 0.729. The summed E-state index contributed by atoms with van der Waals surface area (Å²) in [5.41, 5.74) is 6.57. The normalized spacial score (nSPS) is 20.1. The zero-order valence-corrected chi connectivity index (χ0v) is 15.2. The van der Waals surface area contributed by atoms with Gasteiger partial charge in [0.25, 0.3) is 10.1 Å². The number of nitrogens with two attached hydrogens (primary N) is 1. The average molecular weight is 402 g/mol. The average Bonchev–Trinajstić information content (AvgIpc) is 2.86. The van der Waals surface area contributed by atoms with Crippen molar-refractivity contribution < 1.29 is 25.9 Å². The molecule has 0 radical (unpaired) electrons. The molecule has 0 saturated carbocycles. The van der Waals surface area contributed by atoms with Crippen molar-refractivity contribution in [1.29, 1.82) is 0 Å². The quantitative estimate of drug-likeness (QED) is 0.447. The van der Waals surface area contributed by atoms with E-state index in [1.165, 1.54) is 30.3 Å². The van der Waals surface area contributed by atoms with E-state index in [1.54, 1.807) is 13.0 Å². The summed E-state index contributed by atoms with van der Waals surface area (Å²) in [6.45, 7) is 1.60. The Hall–Kier alpha value is -1.79. The van der Waals surface area contributed by atoms with Crippen LogP contribution in [-0.2, 0) is 24.4 Å². The fourth-order valence-corrected chi connectivity index (χ4v) is 5.97. The summed E-state index contributed by atoms with van der Waals surface area (Å²) in [4.78, 5) is -0.196. The molecule has 1 heterocycles. The Morgan fingerprint density at radius 2 is 1.68 bits per heavy atom. The number of nitrogens with one attached hydrogen (secondary N) is 1. The minimum Gasteiger partial charge on any atom is -0.399 e. The van der Waals surface area contributed by atoms with Crippen LogP contribution in [0.25, 0.3) is 0 Å². The Kier molecular flexibility index (Phi) is 4.04. The lowest BCUT2D eigenvalue weighted by atomic mass is 10.2. The highest BCUT2D eigenvalue weighted by molar-refractivity contribution is 8.12. The van der Waals surface area contributed by atoms with Crippen molar-refractivity contribution in [2.45, 2.75) is 20.9 Å². The van der Waals surface area contributed by atoms with Crippen LogP contribution in [0.1, 0.15) is 11.1 Å². The fourth-order valence-electron chi connectivity index (χ4n) is 2.57. The highest BCUT2D eigenvalue weighted by Gasteiger charge is 2.52. The number of rotatable bonds is 3. The molecule has 0 saturated heterocycles. The molecule has 1 aliphatic rings. The molecule has 134 valence electrons. The first-order valence-electron chi connectivity index (χ1n) is 6.86. The van der Waals surface area contributed by atoms with Gasteiger partial charge in [-0.05, 0) is 36.8 Å². The Morgan fingerprint density at radius 3 is 2.20 bits per heavy atom. The summed E-state index contributed by atoms with van der Waals surface area (Å²) in [6, 6.07) is 8.52. The van der Waals surface area contributed by atoms with Crippen molar-refractivity contribution >= 4 is 43.4 Å². The van der Waals surface area contributed by atoms with Gasteiger partial charge < -0.3 is 11.1 Å². The molecule has 1 atom stereocenters. The molecule has 0 amide bonds. The van der Waals surface area contributed by atoms with Crippen LogP contribution in [0.4, 0.5) is 11.4 Å². The van der Waals surface area contributed by atoms with E-state index in [0.29, 0.717) is 11.3 Å². The second-order valence-corrected chi connectivity index (χ2v) is 10.0. The minimum atomic E-state index is -4.74. The van der Waals surface area contributed by atoms with Crippen LogP contribution < -0.4 is 11.1 Å². The van der Waals surface area contributed by atoms with E-state index in [2.05, 4.69) is 5.32 Å². The Morgan fingerprint density at radius 1 is 1.08 bits per heavy atom. The fraction of sp³-hybridized carbons (Fsp3) is 0.143. The zero-order chi connectivity index (χ0) is 18.6. The van der Waals surface area contributed by atoms with E-state index in [0.717, 1.165) is 11.8 Å². The third-order valence-corrected chi connectivity index (χ3v) is 7.68. The topological polar surface area (TPSA) is 147 Å². The highest BCUT2D eigenvalue weighted by Crippen LogP contribution is 2.55. The molecule has 11 heteroatoms. The molecule has 2 aromatic carbocycles. The van der Waals surface area contributed by atoms with Gasteiger partial charge in [0.15, 0.2) is 0 Å². The van der Waals surface area contributed by atoms with Gasteiger partial charge in [0.2, 0.25) is 4.20 Å². The third-order valence-electron chi connectivity index (χ3n) is 3.69. The number of hydrogen-bond acceptors (Lipinski definition) is 7. The van der Waals surface area contributed by atoms with Crippen LogP contribution in [0.3, 0.4) is 0 Å². The van der Waals surface area contributed by atoms with Gasteiger partial charge in [-0.25, -0.2) is 0 Å². The second kappa shape index (κ2) is 5.61. The van der Waals surface area contributed by atoms with Gasteiger partial charge in [0.05, 0.1) is 5.69 Å².